The van der Waals surface area contributed by atoms with Crippen molar-refractivity contribution in [2.45, 2.75) is 26.4 Å². The molecule has 2 atom stereocenters. The summed E-state index contributed by atoms with van der Waals surface area (Å²) in [6.07, 6.45) is -3.37. The van der Waals surface area contributed by atoms with Crippen molar-refractivity contribution in [2.24, 2.45) is 11.8 Å². The van der Waals surface area contributed by atoms with Crippen LogP contribution in [0.4, 0.5) is 24.9 Å². The lowest BCUT2D eigenvalue weighted by Gasteiger charge is -2.36. The maximum absolute atomic E-state index is 12.9. The fraction of sp³-hybridized carbons (Fsp3) is 0.692. The monoisotopic (exact) mass is 288 g/mol. The number of aromatic nitrogens is 2. The van der Waals surface area contributed by atoms with Crippen molar-refractivity contribution >= 4 is 11.8 Å². The minimum absolute atomic E-state index is 0.000652. The highest BCUT2D eigenvalue weighted by molar-refractivity contribution is 5.46. The van der Waals surface area contributed by atoms with Gasteiger partial charge in [0.25, 0.3) is 0 Å². The third-order valence-corrected chi connectivity index (χ3v) is 3.42. The van der Waals surface area contributed by atoms with Crippen molar-refractivity contribution in [2.75, 3.05) is 30.4 Å². The predicted octanol–water partition coefficient (Wildman–Crippen LogP) is 3.02. The van der Waals surface area contributed by atoms with Gasteiger partial charge in [-0.05, 0) is 18.3 Å². The summed E-state index contributed by atoms with van der Waals surface area (Å²) in [5.74, 6) is 1.23. The van der Waals surface area contributed by atoms with Crippen molar-refractivity contribution in [1.29, 1.82) is 0 Å². The molecular weight excluding hydrogens is 269 g/mol. The van der Waals surface area contributed by atoms with Crippen LogP contribution in [0.5, 0.6) is 0 Å². The molecule has 0 bridgehead atoms. The Bertz CT molecular complexity index is 465. The van der Waals surface area contributed by atoms with Gasteiger partial charge in [-0.2, -0.15) is 18.2 Å². The van der Waals surface area contributed by atoms with Gasteiger partial charge in [0.05, 0.1) is 0 Å². The molecule has 1 N–H and O–H groups in total. The minimum Gasteiger partial charge on any atom is -0.357 e. The molecule has 0 amide bonds. The van der Waals surface area contributed by atoms with E-state index in [1.807, 2.05) is 4.90 Å². The number of hydrogen-bond acceptors (Lipinski definition) is 4. The van der Waals surface area contributed by atoms with Gasteiger partial charge in [-0.3, -0.25) is 0 Å². The molecule has 0 aromatic carbocycles. The number of alkyl halides is 3. The summed E-state index contributed by atoms with van der Waals surface area (Å²) in [5, 5.41) is 2.59. The van der Waals surface area contributed by atoms with Crippen molar-refractivity contribution in [3.63, 3.8) is 0 Å². The van der Waals surface area contributed by atoms with Crippen LogP contribution in [0, 0.1) is 11.8 Å². The van der Waals surface area contributed by atoms with Crippen molar-refractivity contribution in [3.05, 3.63) is 11.8 Å². The summed E-state index contributed by atoms with van der Waals surface area (Å²) in [5.41, 5.74) is -0.905. The van der Waals surface area contributed by atoms with Crippen LogP contribution in [0.25, 0.3) is 0 Å². The normalized spacial score (nSPS) is 23.8. The van der Waals surface area contributed by atoms with E-state index in [0.717, 1.165) is 25.6 Å². The minimum atomic E-state index is -4.46. The summed E-state index contributed by atoms with van der Waals surface area (Å²) < 4.78 is 38.6. The first-order valence-electron chi connectivity index (χ1n) is 6.68. The fourth-order valence-corrected chi connectivity index (χ4v) is 2.70. The third kappa shape index (κ3) is 3.32. The van der Waals surface area contributed by atoms with Crippen LogP contribution in [-0.2, 0) is 6.18 Å². The van der Waals surface area contributed by atoms with Gasteiger partial charge in [-0.1, -0.05) is 13.8 Å². The SMILES string of the molecule is CNc1nc(N2CC(C)CC(C)C2)cc(C(F)(F)F)n1. The smallest absolute Gasteiger partial charge is 0.357 e. The Morgan fingerprint density at radius 2 is 1.80 bits per heavy atom. The lowest BCUT2D eigenvalue weighted by atomic mass is 9.92. The average molecular weight is 288 g/mol. The Morgan fingerprint density at radius 1 is 1.20 bits per heavy atom. The zero-order valence-corrected chi connectivity index (χ0v) is 11.8. The van der Waals surface area contributed by atoms with Gasteiger partial charge < -0.3 is 10.2 Å². The maximum atomic E-state index is 12.9. The second-order valence-corrected chi connectivity index (χ2v) is 5.53. The van der Waals surface area contributed by atoms with Crippen LogP contribution >= 0.6 is 0 Å². The number of piperidine rings is 1. The number of nitrogens with zero attached hydrogens (tertiary/aromatic N) is 3. The van der Waals surface area contributed by atoms with E-state index in [9.17, 15) is 13.2 Å². The Labute approximate surface area is 116 Å². The first-order valence-corrected chi connectivity index (χ1v) is 6.68. The fourth-order valence-electron chi connectivity index (χ4n) is 2.70. The standard InChI is InChI=1S/C13H19F3N4/c1-8-4-9(2)7-20(6-8)11-5-10(13(14,15)16)18-12(17-3)19-11/h5,8-9H,4,6-7H2,1-3H3,(H,17,18,19). The van der Waals surface area contributed by atoms with E-state index in [4.69, 9.17) is 0 Å². The molecule has 20 heavy (non-hydrogen) atoms. The van der Waals surface area contributed by atoms with Crippen molar-refractivity contribution in [3.8, 4) is 0 Å². The first-order chi connectivity index (χ1) is 9.29. The second-order valence-electron chi connectivity index (χ2n) is 5.53. The van der Waals surface area contributed by atoms with Crippen LogP contribution in [0.2, 0.25) is 0 Å². The van der Waals surface area contributed by atoms with E-state index in [-0.39, 0.29) is 5.95 Å². The molecule has 0 spiro atoms. The lowest BCUT2D eigenvalue weighted by molar-refractivity contribution is -0.141. The van der Waals surface area contributed by atoms with Gasteiger partial charge in [0, 0.05) is 26.2 Å². The van der Waals surface area contributed by atoms with Crippen LogP contribution < -0.4 is 10.2 Å². The van der Waals surface area contributed by atoms with Gasteiger partial charge in [0.2, 0.25) is 5.95 Å². The highest BCUT2D eigenvalue weighted by atomic mass is 19.4. The van der Waals surface area contributed by atoms with E-state index in [1.165, 1.54) is 7.05 Å². The molecule has 2 rings (SSSR count). The molecule has 1 aliphatic heterocycles. The van der Waals surface area contributed by atoms with E-state index < -0.39 is 11.9 Å². The summed E-state index contributed by atoms with van der Waals surface area (Å²) >= 11 is 0. The second kappa shape index (κ2) is 5.46. The van der Waals surface area contributed by atoms with E-state index >= 15 is 0 Å². The van der Waals surface area contributed by atoms with Gasteiger partial charge in [0.15, 0.2) is 5.69 Å². The maximum Gasteiger partial charge on any atom is 0.433 e. The molecule has 2 heterocycles. The highest BCUT2D eigenvalue weighted by Crippen LogP contribution is 2.32. The summed E-state index contributed by atoms with van der Waals surface area (Å²) in [4.78, 5) is 9.56. The van der Waals surface area contributed by atoms with Gasteiger partial charge in [0.1, 0.15) is 5.82 Å². The Hall–Kier alpha value is -1.53. The lowest BCUT2D eigenvalue weighted by Crippen LogP contribution is -2.39. The molecule has 1 fully saturated rings. The van der Waals surface area contributed by atoms with Crippen LogP contribution in [-0.4, -0.2) is 30.1 Å². The average Bonchev–Trinajstić information content (AvgIpc) is 2.36. The Balaban J connectivity index is 2.35. The molecule has 2 unspecified atom stereocenters. The molecule has 0 saturated carbocycles. The largest absolute Gasteiger partial charge is 0.433 e. The molecule has 7 heteroatoms. The molecule has 0 aliphatic carbocycles. The molecule has 1 aromatic rings. The number of halogens is 3. The predicted molar refractivity (Wildman–Crippen MR) is 71.7 cm³/mol. The molecule has 1 aliphatic rings. The Kier molecular flexibility index (Phi) is 4.06. The van der Waals surface area contributed by atoms with Gasteiger partial charge in [-0.15, -0.1) is 0 Å². The quantitative estimate of drug-likeness (QED) is 0.908. The molecule has 0 radical (unpaired) electrons. The molecule has 1 aromatic heterocycles. The topological polar surface area (TPSA) is 41.1 Å². The zero-order valence-electron chi connectivity index (χ0n) is 11.8. The molecule has 1 saturated heterocycles. The molecule has 112 valence electrons. The van der Waals surface area contributed by atoms with E-state index in [1.54, 1.807) is 0 Å². The number of hydrogen-bond donors (Lipinski definition) is 1. The molecule has 4 nitrogen and oxygen atoms in total. The third-order valence-electron chi connectivity index (χ3n) is 3.42. The van der Waals surface area contributed by atoms with Crippen LogP contribution in [0.3, 0.4) is 0 Å². The van der Waals surface area contributed by atoms with Crippen LogP contribution in [0.1, 0.15) is 26.0 Å². The van der Waals surface area contributed by atoms with E-state index in [2.05, 4.69) is 29.1 Å². The van der Waals surface area contributed by atoms with Crippen LogP contribution in [0.15, 0.2) is 6.07 Å². The van der Waals surface area contributed by atoms with Crippen molar-refractivity contribution in [1.82, 2.24) is 9.97 Å². The first kappa shape index (κ1) is 14.9. The van der Waals surface area contributed by atoms with Gasteiger partial charge in [-0.25, -0.2) is 4.98 Å². The summed E-state index contributed by atoms with van der Waals surface area (Å²) in [6, 6.07) is 1.03. The number of rotatable bonds is 2. The van der Waals surface area contributed by atoms with E-state index in [0.29, 0.717) is 17.7 Å². The number of anilines is 2. The zero-order chi connectivity index (χ0) is 14.9. The molecular formula is C13H19F3N4. The highest BCUT2D eigenvalue weighted by Gasteiger charge is 2.34. The number of nitrogens with one attached hydrogen (secondary N) is 1. The summed E-state index contributed by atoms with van der Waals surface area (Å²) in [7, 11) is 1.51. The van der Waals surface area contributed by atoms with Gasteiger partial charge >= 0.3 is 6.18 Å². The Morgan fingerprint density at radius 3 is 2.30 bits per heavy atom. The van der Waals surface area contributed by atoms with Crippen molar-refractivity contribution < 1.29 is 13.2 Å². The summed E-state index contributed by atoms with van der Waals surface area (Å²) in [6.45, 7) is 5.66.